The quantitative estimate of drug-likeness (QED) is 0.583. The summed E-state index contributed by atoms with van der Waals surface area (Å²) in [5.41, 5.74) is -0.0427. The molecule has 25 heavy (non-hydrogen) atoms. The Labute approximate surface area is 148 Å². The van der Waals surface area contributed by atoms with E-state index >= 15 is 0 Å². The van der Waals surface area contributed by atoms with Crippen LogP contribution in [0.25, 0.3) is 0 Å². The van der Waals surface area contributed by atoms with E-state index in [4.69, 9.17) is 0 Å². The molecule has 1 fully saturated rings. The molecule has 7 nitrogen and oxygen atoms in total. The second-order valence-corrected chi connectivity index (χ2v) is 6.62. The molecule has 138 valence electrons. The minimum absolute atomic E-state index is 0.104. The summed E-state index contributed by atoms with van der Waals surface area (Å²) >= 11 is 0. The molecule has 1 aliphatic rings. The number of piperidine rings is 1. The first-order valence-electron chi connectivity index (χ1n) is 8.94. The Morgan fingerprint density at radius 3 is 2.48 bits per heavy atom. The van der Waals surface area contributed by atoms with Crippen molar-refractivity contribution in [3.63, 3.8) is 0 Å². The Morgan fingerprint density at radius 1 is 1.28 bits per heavy atom. The number of aliphatic hydroxyl groups is 1. The molecule has 2 rings (SSSR count). The maximum atomic E-state index is 12.7. The maximum Gasteiger partial charge on any atom is 0.270 e. The maximum absolute atomic E-state index is 12.7. The number of benzene rings is 1. The van der Waals surface area contributed by atoms with E-state index in [9.17, 15) is 20.0 Å². The molecular formula is C18H27N3O4. The molecule has 1 amide bonds. The Bertz CT molecular complexity index is 623. The minimum atomic E-state index is -0.957. The highest BCUT2D eigenvalue weighted by molar-refractivity contribution is 6.00. The largest absolute Gasteiger partial charge is 0.388 e. The summed E-state index contributed by atoms with van der Waals surface area (Å²) in [6.07, 6.45) is 4.30. The van der Waals surface area contributed by atoms with Gasteiger partial charge in [-0.15, -0.1) is 0 Å². The number of nitro benzene ring substituents is 1. The average Bonchev–Trinajstić information content (AvgIpc) is 2.66. The Hall–Kier alpha value is -2.15. The lowest BCUT2D eigenvalue weighted by Crippen LogP contribution is -2.42. The van der Waals surface area contributed by atoms with Gasteiger partial charge in [0.2, 0.25) is 0 Å². The number of hydrogen-bond acceptors (Lipinski definition) is 5. The summed E-state index contributed by atoms with van der Waals surface area (Å²) in [6, 6.07) is 4.43. The van der Waals surface area contributed by atoms with Crippen LogP contribution in [0, 0.1) is 10.1 Å². The molecule has 2 N–H and O–H groups in total. The van der Waals surface area contributed by atoms with Gasteiger partial charge in [0.1, 0.15) is 0 Å². The molecule has 1 aromatic rings. The van der Waals surface area contributed by atoms with E-state index < -0.39 is 10.5 Å². The van der Waals surface area contributed by atoms with E-state index in [1.807, 2.05) is 13.8 Å². The van der Waals surface area contributed by atoms with Crippen LogP contribution >= 0.6 is 0 Å². The Kier molecular flexibility index (Phi) is 6.36. The smallest absolute Gasteiger partial charge is 0.270 e. The van der Waals surface area contributed by atoms with Crippen LogP contribution in [0.15, 0.2) is 18.2 Å². The first-order chi connectivity index (χ1) is 11.9. The predicted octanol–water partition coefficient (Wildman–Crippen LogP) is 2.87. The van der Waals surface area contributed by atoms with Gasteiger partial charge < -0.3 is 15.3 Å². The van der Waals surface area contributed by atoms with Gasteiger partial charge in [-0.2, -0.15) is 0 Å². The van der Waals surface area contributed by atoms with Gasteiger partial charge in [0, 0.05) is 31.8 Å². The summed E-state index contributed by atoms with van der Waals surface area (Å²) in [7, 11) is 0. The number of carbonyl (C=O) groups excluding carboxylic acids is 1. The average molecular weight is 349 g/mol. The van der Waals surface area contributed by atoms with E-state index in [1.54, 1.807) is 6.07 Å². The van der Waals surface area contributed by atoms with Crippen molar-refractivity contribution in [2.45, 2.75) is 51.6 Å². The number of carbonyl (C=O) groups is 1. The van der Waals surface area contributed by atoms with Gasteiger partial charge in [-0.3, -0.25) is 14.9 Å². The van der Waals surface area contributed by atoms with Crippen LogP contribution in [0.4, 0.5) is 11.4 Å². The van der Waals surface area contributed by atoms with E-state index in [2.05, 4.69) is 10.2 Å². The van der Waals surface area contributed by atoms with Gasteiger partial charge in [0.05, 0.1) is 21.8 Å². The topological polar surface area (TPSA) is 95.7 Å². The third-order valence-electron chi connectivity index (χ3n) is 5.03. The Balaban J connectivity index is 2.27. The summed E-state index contributed by atoms with van der Waals surface area (Å²) in [5, 5.41) is 24.2. The summed E-state index contributed by atoms with van der Waals surface area (Å²) < 4.78 is 0. The zero-order valence-electron chi connectivity index (χ0n) is 15.0. The molecule has 0 aliphatic carbocycles. The normalized spacial score (nSPS) is 15.1. The SMILES string of the molecule is CCC(O)(CC)CNC(=O)c1cc([N+](=O)[O-])ccc1N1CCCCC1. The number of anilines is 1. The zero-order chi connectivity index (χ0) is 18.4. The highest BCUT2D eigenvalue weighted by Crippen LogP contribution is 2.28. The number of nitrogens with one attached hydrogen (secondary N) is 1. The number of amides is 1. The standard InChI is InChI=1S/C18H27N3O4/c1-3-18(23,4-2)13-19-17(22)15-12-14(21(24)25)8-9-16(15)20-10-6-5-7-11-20/h8-9,12,23H,3-7,10-11,13H2,1-2H3,(H,19,22). The second-order valence-electron chi connectivity index (χ2n) is 6.62. The van der Waals surface area contributed by atoms with Crippen molar-refractivity contribution in [2.75, 3.05) is 24.5 Å². The third-order valence-corrected chi connectivity index (χ3v) is 5.03. The lowest BCUT2D eigenvalue weighted by Gasteiger charge is -2.30. The minimum Gasteiger partial charge on any atom is -0.388 e. The van der Waals surface area contributed by atoms with Crippen molar-refractivity contribution in [1.82, 2.24) is 5.32 Å². The molecule has 7 heteroatoms. The highest BCUT2D eigenvalue weighted by Gasteiger charge is 2.26. The molecule has 0 bridgehead atoms. The van der Waals surface area contributed by atoms with Gasteiger partial charge in [0.15, 0.2) is 0 Å². The van der Waals surface area contributed by atoms with Crippen LogP contribution in [0.5, 0.6) is 0 Å². The van der Waals surface area contributed by atoms with Crippen molar-refractivity contribution in [3.05, 3.63) is 33.9 Å². The van der Waals surface area contributed by atoms with Crippen LogP contribution in [-0.4, -0.2) is 41.2 Å². The summed E-state index contributed by atoms with van der Waals surface area (Å²) in [5.74, 6) is -0.385. The van der Waals surface area contributed by atoms with E-state index in [-0.39, 0.29) is 18.1 Å². The molecule has 0 radical (unpaired) electrons. The molecule has 1 saturated heterocycles. The van der Waals surface area contributed by atoms with Gasteiger partial charge in [-0.1, -0.05) is 13.8 Å². The van der Waals surface area contributed by atoms with E-state index in [0.29, 0.717) is 18.4 Å². The van der Waals surface area contributed by atoms with Crippen LogP contribution < -0.4 is 10.2 Å². The lowest BCUT2D eigenvalue weighted by molar-refractivity contribution is -0.384. The molecule has 0 unspecified atom stereocenters. The predicted molar refractivity (Wildman–Crippen MR) is 97.0 cm³/mol. The first kappa shape index (κ1) is 19.2. The number of nitrogens with zero attached hydrogens (tertiary/aromatic N) is 2. The van der Waals surface area contributed by atoms with Crippen LogP contribution in [-0.2, 0) is 0 Å². The number of hydrogen-bond donors (Lipinski definition) is 2. The Morgan fingerprint density at radius 2 is 1.92 bits per heavy atom. The summed E-state index contributed by atoms with van der Waals surface area (Å²) in [6.45, 7) is 5.53. The van der Waals surface area contributed by atoms with Crippen LogP contribution in [0.2, 0.25) is 0 Å². The molecule has 0 aromatic heterocycles. The van der Waals surface area contributed by atoms with Crippen molar-refractivity contribution in [3.8, 4) is 0 Å². The molecule has 0 atom stereocenters. The first-order valence-corrected chi connectivity index (χ1v) is 8.94. The number of rotatable bonds is 7. The van der Waals surface area contributed by atoms with Crippen molar-refractivity contribution in [2.24, 2.45) is 0 Å². The fraction of sp³-hybridized carbons (Fsp3) is 0.611. The van der Waals surface area contributed by atoms with Crippen LogP contribution in [0.1, 0.15) is 56.3 Å². The van der Waals surface area contributed by atoms with Crippen molar-refractivity contribution in [1.29, 1.82) is 0 Å². The van der Waals surface area contributed by atoms with Crippen molar-refractivity contribution < 1.29 is 14.8 Å². The lowest BCUT2D eigenvalue weighted by atomic mass is 9.97. The van der Waals surface area contributed by atoms with E-state index in [0.717, 1.165) is 38.0 Å². The molecular weight excluding hydrogens is 322 g/mol. The third kappa shape index (κ3) is 4.69. The highest BCUT2D eigenvalue weighted by atomic mass is 16.6. The molecule has 1 aromatic carbocycles. The number of nitro groups is 1. The fourth-order valence-electron chi connectivity index (χ4n) is 3.07. The zero-order valence-corrected chi connectivity index (χ0v) is 15.0. The molecule has 1 aliphatic heterocycles. The van der Waals surface area contributed by atoms with E-state index in [1.165, 1.54) is 12.1 Å². The number of non-ortho nitro benzene ring substituents is 1. The van der Waals surface area contributed by atoms with Gasteiger partial charge in [-0.25, -0.2) is 0 Å². The van der Waals surface area contributed by atoms with Gasteiger partial charge in [-0.05, 0) is 38.2 Å². The van der Waals surface area contributed by atoms with Gasteiger partial charge >= 0.3 is 0 Å². The van der Waals surface area contributed by atoms with Crippen LogP contribution in [0.3, 0.4) is 0 Å². The molecule has 0 saturated carbocycles. The van der Waals surface area contributed by atoms with Gasteiger partial charge in [0.25, 0.3) is 11.6 Å². The fourth-order valence-corrected chi connectivity index (χ4v) is 3.07. The monoisotopic (exact) mass is 349 g/mol. The van der Waals surface area contributed by atoms with Crippen molar-refractivity contribution >= 4 is 17.3 Å². The summed E-state index contributed by atoms with van der Waals surface area (Å²) in [4.78, 5) is 25.4. The molecule has 0 spiro atoms. The second kappa shape index (κ2) is 8.29. The molecule has 1 heterocycles.